The van der Waals surface area contributed by atoms with E-state index in [0.29, 0.717) is 12.8 Å². The summed E-state index contributed by atoms with van der Waals surface area (Å²) in [6.07, 6.45) is 32.3. The van der Waals surface area contributed by atoms with Gasteiger partial charge < -0.3 is 39.9 Å². The predicted octanol–water partition coefficient (Wildman–Crippen LogP) is 10.8. The van der Waals surface area contributed by atoms with Crippen LogP contribution in [0.4, 0.5) is 0 Å². The van der Waals surface area contributed by atoms with Crippen LogP contribution in [0.1, 0.15) is 226 Å². The predicted molar refractivity (Wildman–Crippen MR) is 254 cm³/mol. The summed E-state index contributed by atoms with van der Waals surface area (Å²) >= 11 is 0. The molecule has 6 atom stereocenters. The average molecular weight is 933 g/mol. The van der Waals surface area contributed by atoms with Gasteiger partial charge in [0.25, 0.3) is 0 Å². The molecule has 6 N–H and O–H groups in total. The van der Waals surface area contributed by atoms with Crippen molar-refractivity contribution in [1.82, 2.24) is 0 Å². The van der Waals surface area contributed by atoms with Crippen LogP contribution in [-0.2, 0) is 32.7 Å². The highest BCUT2D eigenvalue weighted by atomic mass is 31.2. The minimum Gasteiger partial charge on any atom is -0.462 e. The second-order valence-corrected chi connectivity index (χ2v) is 19.4. The van der Waals surface area contributed by atoms with Gasteiger partial charge in [0.15, 0.2) is 6.10 Å². The van der Waals surface area contributed by atoms with E-state index in [1.165, 1.54) is 122 Å². The van der Waals surface area contributed by atoms with Crippen molar-refractivity contribution in [2.45, 2.75) is 268 Å². The summed E-state index contributed by atoms with van der Waals surface area (Å²) in [6, 6.07) is 0. The molecule has 376 valence electrons. The smallest absolute Gasteiger partial charge is 0.462 e. The maximum absolute atomic E-state index is 12.8. The highest BCUT2D eigenvalue weighted by Crippen LogP contribution is 2.47. The summed E-state index contributed by atoms with van der Waals surface area (Å²) in [5, 5.41) is 50.2. The number of carbonyl (C=O) groups is 2. The number of esters is 2. The van der Waals surface area contributed by atoms with Crippen LogP contribution in [0.3, 0.4) is 0 Å². The lowest BCUT2D eigenvalue weighted by molar-refractivity contribution is -0.220. The Kier molecular flexibility index (Phi) is 38.1. The fraction of sp³-hybridized carbons (Fsp3) is 0.880. The molecule has 64 heavy (non-hydrogen) atoms. The van der Waals surface area contributed by atoms with Gasteiger partial charge in [-0.2, -0.15) is 0 Å². The van der Waals surface area contributed by atoms with Crippen molar-refractivity contribution in [1.29, 1.82) is 0 Å². The molecule has 6 unspecified atom stereocenters. The Bertz CT molecular complexity index is 1220. The fourth-order valence-corrected chi connectivity index (χ4v) is 8.87. The zero-order valence-electron chi connectivity index (χ0n) is 40.1. The van der Waals surface area contributed by atoms with E-state index in [-0.39, 0.29) is 12.8 Å². The van der Waals surface area contributed by atoms with Crippen LogP contribution in [0.2, 0.25) is 0 Å². The van der Waals surface area contributed by atoms with Crippen molar-refractivity contribution in [3.63, 3.8) is 0 Å². The second-order valence-electron chi connectivity index (χ2n) is 18.0. The highest BCUT2D eigenvalue weighted by Gasteiger charge is 2.51. The van der Waals surface area contributed by atoms with Crippen molar-refractivity contribution in [3.8, 4) is 0 Å². The number of hydrogen-bond donors (Lipinski definition) is 6. The number of aliphatic hydroxyl groups is 5. The highest BCUT2D eigenvalue weighted by molar-refractivity contribution is 7.47. The van der Waals surface area contributed by atoms with E-state index >= 15 is 0 Å². The van der Waals surface area contributed by atoms with Gasteiger partial charge in [-0.1, -0.05) is 199 Å². The number of hydrogen-bond acceptors (Lipinski definition) is 12. The Morgan fingerprint density at radius 1 is 0.484 bits per heavy atom. The molecule has 0 radical (unpaired) electrons. The first-order valence-corrected chi connectivity index (χ1v) is 27.1. The molecule has 0 aliphatic heterocycles. The van der Waals surface area contributed by atoms with Gasteiger partial charge in [-0.3, -0.25) is 18.6 Å². The Labute approximate surface area is 387 Å². The van der Waals surface area contributed by atoms with Crippen LogP contribution in [0.5, 0.6) is 0 Å². The molecule has 1 saturated carbocycles. The molecule has 14 heteroatoms. The summed E-state index contributed by atoms with van der Waals surface area (Å²) in [7, 11) is -5.12. The van der Waals surface area contributed by atoms with Crippen LogP contribution < -0.4 is 0 Å². The Hall–Kier alpha value is -1.67. The molecular weight excluding hydrogens is 840 g/mol. The first-order chi connectivity index (χ1) is 30.9. The molecule has 0 heterocycles. The Balaban J connectivity index is 2.37. The molecule has 1 fully saturated rings. The van der Waals surface area contributed by atoms with E-state index in [0.717, 1.165) is 64.2 Å². The quantitative estimate of drug-likeness (QED) is 0.0146. The fourth-order valence-electron chi connectivity index (χ4n) is 7.89. The van der Waals surface area contributed by atoms with E-state index in [2.05, 4.69) is 38.2 Å². The molecule has 0 bridgehead atoms. The summed E-state index contributed by atoms with van der Waals surface area (Å²) < 4.78 is 33.6. The van der Waals surface area contributed by atoms with Crippen molar-refractivity contribution >= 4 is 19.8 Å². The molecule has 0 aromatic heterocycles. The first-order valence-electron chi connectivity index (χ1n) is 25.6. The van der Waals surface area contributed by atoms with Gasteiger partial charge in [-0.05, 0) is 38.5 Å². The molecular formula is C50H93O13P. The Morgan fingerprint density at radius 3 is 1.31 bits per heavy atom. The monoisotopic (exact) mass is 933 g/mol. The van der Waals surface area contributed by atoms with Crippen molar-refractivity contribution < 1.29 is 63.1 Å². The van der Waals surface area contributed by atoms with Crippen LogP contribution >= 0.6 is 7.82 Å². The van der Waals surface area contributed by atoms with E-state index in [4.69, 9.17) is 18.5 Å². The zero-order chi connectivity index (χ0) is 47.1. The number of unbranched alkanes of at least 4 members (excludes halogenated alkanes) is 27. The summed E-state index contributed by atoms with van der Waals surface area (Å²) in [4.78, 5) is 35.8. The molecule has 0 spiro atoms. The molecule has 1 rings (SSSR count). The minimum absolute atomic E-state index is 0.0833. The molecule has 0 aromatic carbocycles. The van der Waals surface area contributed by atoms with Crippen LogP contribution in [-0.4, -0.2) is 98.3 Å². The largest absolute Gasteiger partial charge is 0.472 e. The summed E-state index contributed by atoms with van der Waals surface area (Å²) in [5.41, 5.74) is 0. The lowest BCUT2D eigenvalue weighted by Gasteiger charge is -2.41. The van der Waals surface area contributed by atoms with Crippen LogP contribution in [0, 0.1) is 0 Å². The molecule has 1 aliphatic carbocycles. The number of carbonyl (C=O) groups excluding carboxylic acids is 2. The number of allylic oxidation sites excluding steroid dienone is 4. The van der Waals surface area contributed by atoms with Crippen molar-refractivity contribution in [3.05, 3.63) is 24.3 Å². The Morgan fingerprint density at radius 2 is 0.859 bits per heavy atom. The van der Waals surface area contributed by atoms with Gasteiger partial charge in [0, 0.05) is 12.8 Å². The standard InChI is InChI=1S/C50H93O13P/c1-3-5-7-9-11-13-15-17-19-20-21-22-23-24-25-27-28-30-32-34-36-38-43(51)60-40-42(41-61-64(58,59)63-50-48(56)46(54)45(53)47(55)49(50)57)62-44(52)39-37-35-33-31-29-26-18-16-14-12-10-8-6-4-2/h10,12,16,18,42,45-50,53-57H,3-9,11,13-15,17,19-41H2,1-2H3,(H,58,59)/b12-10-,18-16-. The van der Waals surface area contributed by atoms with Gasteiger partial charge >= 0.3 is 19.8 Å². The lowest BCUT2D eigenvalue weighted by Crippen LogP contribution is -2.64. The number of phosphoric ester groups is 1. The van der Waals surface area contributed by atoms with Crippen molar-refractivity contribution in [2.75, 3.05) is 13.2 Å². The molecule has 0 saturated heterocycles. The second kappa shape index (κ2) is 40.4. The third kappa shape index (κ3) is 32.1. The molecule has 0 aromatic rings. The normalized spacial score (nSPS) is 21.7. The lowest BCUT2D eigenvalue weighted by atomic mass is 9.85. The molecule has 13 nitrogen and oxygen atoms in total. The van der Waals surface area contributed by atoms with E-state index in [1.54, 1.807) is 0 Å². The third-order valence-corrected chi connectivity index (χ3v) is 13.0. The number of aliphatic hydroxyl groups excluding tert-OH is 5. The van der Waals surface area contributed by atoms with Crippen LogP contribution in [0.25, 0.3) is 0 Å². The summed E-state index contributed by atoms with van der Waals surface area (Å²) in [5.74, 6) is -1.11. The number of rotatable bonds is 43. The maximum Gasteiger partial charge on any atom is 0.472 e. The van der Waals surface area contributed by atoms with Gasteiger partial charge in [-0.25, -0.2) is 4.57 Å². The van der Waals surface area contributed by atoms with E-state index in [9.17, 15) is 44.6 Å². The number of phosphoric acid groups is 1. The van der Waals surface area contributed by atoms with Gasteiger partial charge in [0.1, 0.15) is 43.2 Å². The number of ether oxygens (including phenoxy) is 2. The topological polar surface area (TPSA) is 210 Å². The average Bonchev–Trinajstić information content (AvgIpc) is 3.28. The zero-order valence-corrected chi connectivity index (χ0v) is 41.0. The van der Waals surface area contributed by atoms with Gasteiger partial charge in [0.2, 0.25) is 0 Å². The summed E-state index contributed by atoms with van der Waals surface area (Å²) in [6.45, 7) is 3.28. The molecule has 0 amide bonds. The first kappa shape index (κ1) is 60.3. The minimum atomic E-state index is -5.12. The van der Waals surface area contributed by atoms with Crippen LogP contribution in [0.15, 0.2) is 24.3 Å². The molecule has 1 aliphatic rings. The SMILES string of the molecule is CCCC/C=C\C/C=C\CCCCCCCC(=O)OC(COC(=O)CCCCCCCCCCCCCCCCCCCCCCC)COP(=O)(O)OC1C(O)C(O)C(O)C(O)C1O. The third-order valence-electron chi connectivity index (χ3n) is 12.0. The maximum atomic E-state index is 12.8. The van der Waals surface area contributed by atoms with E-state index < -0.39 is 75.7 Å². The van der Waals surface area contributed by atoms with Gasteiger partial charge in [-0.15, -0.1) is 0 Å². The van der Waals surface area contributed by atoms with E-state index in [1.807, 2.05) is 0 Å². The van der Waals surface area contributed by atoms with Crippen molar-refractivity contribution in [2.24, 2.45) is 0 Å². The van der Waals surface area contributed by atoms with Gasteiger partial charge in [0.05, 0.1) is 6.61 Å².